The lowest BCUT2D eigenvalue weighted by Crippen LogP contribution is -2.60. The van der Waals surface area contributed by atoms with E-state index in [-0.39, 0.29) is 49.9 Å². The lowest BCUT2D eigenvalue weighted by Gasteiger charge is -2.42. The van der Waals surface area contributed by atoms with Crippen LogP contribution in [-0.2, 0) is 23.9 Å². The van der Waals surface area contributed by atoms with Gasteiger partial charge in [-0.25, -0.2) is 4.79 Å². The molecule has 0 aromatic carbocycles. The molecule has 0 bridgehead atoms. The molecule has 5 N–H and O–H groups in total. The Bertz CT molecular complexity index is 949. The van der Waals surface area contributed by atoms with Gasteiger partial charge in [0.15, 0.2) is 17.2 Å². The summed E-state index contributed by atoms with van der Waals surface area (Å²) in [5.41, 5.74) is 4.00. The summed E-state index contributed by atoms with van der Waals surface area (Å²) in [5, 5.41) is 22.8. The van der Waals surface area contributed by atoms with Crippen LogP contribution in [0, 0.1) is 29.6 Å². The average molecular weight is 535 g/mol. The van der Waals surface area contributed by atoms with Gasteiger partial charge in [0, 0.05) is 18.3 Å². The zero-order valence-electron chi connectivity index (χ0n) is 23.2. The molecule has 4 aliphatic rings. The lowest BCUT2D eigenvalue weighted by atomic mass is 9.56. The Kier molecular flexibility index (Phi) is 9.14. The minimum atomic E-state index is -1.99. The molecule has 0 aromatic heterocycles. The Morgan fingerprint density at radius 1 is 1.21 bits per heavy atom. The van der Waals surface area contributed by atoms with Gasteiger partial charge in [0.2, 0.25) is 0 Å². The van der Waals surface area contributed by atoms with E-state index in [9.17, 15) is 24.6 Å². The van der Waals surface area contributed by atoms with Crippen LogP contribution in [0.15, 0.2) is 11.1 Å². The van der Waals surface area contributed by atoms with Crippen LogP contribution in [0.2, 0.25) is 0 Å². The quantitative estimate of drug-likeness (QED) is 0.135. The Morgan fingerprint density at radius 3 is 2.63 bits per heavy atom. The Morgan fingerprint density at radius 2 is 1.97 bits per heavy atom. The SMILES string of the molecule is CC(CCC1CCNC(N)C1)=C(CO)C[C@@]12O[C@@]1(C(=O)OCCO)C(=O)C1C(CC(C)C)CCCC1C2=O. The molecule has 2 aliphatic heterocycles. The molecule has 4 rings (SSSR count). The van der Waals surface area contributed by atoms with Crippen LogP contribution in [0.3, 0.4) is 0 Å². The summed E-state index contributed by atoms with van der Waals surface area (Å²) in [7, 11) is 0. The van der Waals surface area contributed by atoms with E-state index in [2.05, 4.69) is 19.2 Å². The number of aliphatic hydroxyl groups excluding tert-OH is 2. The number of fused-ring (bicyclic) bond motifs is 2. The molecule has 38 heavy (non-hydrogen) atoms. The van der Waals surface area contributed by atoms with Crippen molar-refractivity contribution in [2.75, 3.05) is 26.4 Å². The van der Waals surface area contributed by atoms with Gasteiger partial charge < -0.3 is 30.7 Å². The molecule has 2 saturated carbocycles. The summed E-state index contributed by atoms with van der Waals surface area (Å²) in [6, 6.07) is 0. The summed E-state index contributed by atoms with van der Waals surface area (Å²) < 4.78 is 11.3. The van der Waals surface area contributed by atoms with E-state index in [1.165, 1.54) is 0 Å². The molecule has 2 aliphatic carbocycles. The number of rotatable bonds is 11. The van der Waals surface area contributed by atoms with Crippen LogP contribution < -0.4 is 11.1 Å². The molecule has 2 heterocycles. The molecule has 214 valence electrons. The van der Waals surface area contributed by atoms with Gasteiger partial charge in [-0.3, -0.25) is 9.59 Å². The number of carbonyl (C=O) groups excluding carboxylic acids is 3. The molecule has 0 radical (unpaired) electrons. The van der Waals surface area contributed by atoms with Crippen molar-refractivity contribution < 1.29 is 34.1 Å². The van der Waals surface area contributed by atoms with Crippen LogP contribution in [0.5, 0.6) is 0 Å². The van der Waals surface area contributed by atoms with E-state index >= 15 is 0 Å². The maximum absolute atomic E-state index is 14.1. The number of piperidine rings is 1. The highest BCUT2D eigenvalue weighted by atomic mass is 16.7. The van der Waals surface area contributed by atoms with Crippen LogP contribution in [0.4, 0.5) is 0 Å². The Labute approximate surface area is 225 Å². The van der Waals surface area contributed by atoms with Crippen LogP contribution in [-0.4, -0.2) is 71.5 Å². The second kappa shape index (κ2) is 11.8. The van der Waals surface area contributed by atoms with E-state index < -0.39 is 29.0 Å². The maximum atomic E-state index is 14.1. The highest BCUT2D eigenvalue weighted by Crippen LogP contribution is 2.63. The van der Waals surface area contributed by atoms with E-state index in [0.717, 1.165) is 57.1 Å². The number of hydrogen-bond acceptors (Lipinski definition) is 9. The van der Waals surface area contributed by atoms with Crippen molar-refractivity contribution in [2.45, 2.75) is 95.9 Å². The molecule has 9 heteroatoms. The predicted molar refractivity (Wildman–Crippen MR) is 141 cm³/mol. The molecular weight excluding hydrogens is 488 g/mol. The van der Waals surface area contributed by atoms with E-state index in [1.807, 2.05) is 6.92 Å². The van der Waals surface area contributed by atoms with Crippen LogP contribution in [0.25, 0.3) is 0 Å². The first kappa shape index (κ1) is 29.3. The summed E-state index contributed by atoms with van der Waals surface area (Å²) in [6.07, 6.45) is 6.67. The van der Waals surface area contributed by atoms with Gasteiger partial charge in [0.25, 0.3) is 5.60 Å². The minimum Gasteiger partial charge on any atom is -0.461 e. The van der Waals surface area contributed by atoms with Gasteiger partial charge in [0.05, 0.1) is 19.4 Å². The summed E-state index contributed by atoms with van der Waals surface area (Å²) >= 11 is 0. The first-order chi connectivity index (χ1) is 18.1. The first-order valence-corrected chi connectivity index (χ1v) is 14.5. The molecule has 2 saturated heterocycles. The number of ketones is 2. The smallest absolute Gasteiger partial charge is 0.350 e. The number of nitrogens with one attached hydrogen (secondary N) is 1. The number of aliphatic hydroxyl groups is 2. The summed E-state index contributed by atoms with van der Waals surface area (Å²) in [4.78, 5) is 41.6. The van der Waals surface area contributed by atoms with Crippen molar-refractivity contribution in [1.29, 1.82) is 0 Å². The monoisotopic (exact) mass is 534 g/mol. The maximum Gasteiger partial charge on any atom is 0.350 e. The van der Waals surface area contributed by atoms with Gasteiger partial charge in [-0.05, 0) is 81.7 Å². The number of allylic oxidation sites excluding steroid dienone is 1. The van der Waals surface area contributed by atoms with Gasteiger partial charge in [0.1, 0.15) is 6.61 Å². The fraction of sp³-hybridized carbons (Fsp3) is 0.828. The number of nitrogens with two attached hydrogens (primary N) is 1. The zero-order valence-corrected chi connectivity index (χ0v) is 23.2. The van der Waals surface area contributed by atoms with Crippen molar-refractivity contribution in [1.82, 2.24) is 5.32 Å². The molecule has 7 atom stereocenters. The Balaban J connectivity index is 1.62. The number of ether oxygens (including phenoxy) is 2. The van der Waals surface area contributed by atoms with E-state index in [4.69, 9.17) is 15.2 Å². The van der Waals surface area contributed by atoms with Gasteiger partial charge >= 0.3 is 5.97 Å². The number of hydrogen-bond donors (Lipinski definition) is 4. The second-order valence-electron chi connectivity index (χ2n) is 12.4. The third-order valence-corrected chi connectivity index (χ3v) is 9.39. The van der Waals surface area contributed by atoms with Crippen molar-refractivity contribution in [3.63, 3.8) is 0 Å². The summed E-state index contributed by atoms with van der Waals surface area (Å²) in [5.74, 6) is -1.67. The third-order valence-electron chi connectivity index (χ3n) is 9.39. The van der Waals surface area contributed by atoms with Gasteiger partial charge in [-0.1, -0.05) is 25.8 Å². The number of esters is 1. The largest absolute Gasteiger partial charge is 0.461 e. The molecule has 0 spiro atoms. The fourth-order valence-corrected chi connectivity index (χ4v) is 7.42. The van der Waals surface area contributed by atoms with Crippen molar-refractivity contribution in [2.24, 2.45) is 35.3 Å². The van der Waals surface area contributed by atoms with Crippen molar-refractivity contribution in [3.8, 4) is 0 Å². The van der Waals surface area contributed by atoms with Gasteiger partial charge in [-0.15, -0.1) is 0 Å². The normalized spacial score (nSPS) is 37.4. The molecule has 9 nitrogen and oxygen atoms in total. The topological polar surface area (TPSA) is 151 Å². The van der Waals surface area contributed by atoms with Crippen LogP contribution in [0.1, 0.15) is 78.6 Å². The van der Waals surface area contributed by atoms with Gasteiger partial charge in [-0.2, -0.15) is 0 Å². The average Bonchev–Trinajstić information content (AvgIpc) is 3.59. The molecule has 4 fully saturated rings. The van der Waals surface area contributed by atoms with Crippen molar-refractivity contribution >= 4 is 17.5 Å². The van der Waals surface area contributed by atoms with E-state index in [0.29, 0.717) is 23.8 Å². The highest BCUT2D eigenvalue weighted by Gasteiger charge is 2.87. The van der Waals surface area contributed by atoms with Crippen molar-refractivity contribution in [3.05, 3.63) is 11.1 Å². The molecule has 0 aromatic rings. The first-order valence-electron chi connectivity index (χ1n) is 14.5. The minimum absolute atomic E-state index is 0.00205. The number of epoxide rings is 1. The molecule has 0 amide bonds. The van der Waals surface area contributed by atoms with Crippen LogP contribution >= 0.6 is 0 Å². The predicted octanol–water partition coefficient (Wildman–Crippen LogP) is 2.02. The third kappa shape index (κ3) is 5.24. The molecule has 5 unspecified atom stereocenters. The fourth-order valence-electron chi connectivity index (χ4n) is 7.42. The number of Topliss-reactive ketones (excluding diaryl/α,β-unsaturated/α-hetero) is 2. The standard InChI is InChI=1S/C29H46N2O7/c1-17(2)13-20-5-4-6-22-24(20)26(35)29(27(36)37-12-11-32)28(38-29,25(22)34)15-21(16-33)18(3)7-8-19-9-10-31-23(30)14-19/h17,19-20,22-24,31-33H,4-16,30H2,1-3H3/t19?,20?,22?,23?,24?,28-,29+/m0/s1. The highest BCUT2D eigenvalue weighted by molar-refractivity contribution is 6.23. The second-order valence-corrected chi connectivity index (χ2v) is 12.4. The Hall–Kier alpha value is -1.65. The number of carbonyl (C=O) groups is 3. The lowest BCUT2D eigenvalue weighted by molar-refractivity contribution is -0.160. The van der Waals surface area contributed by atoms with E-state index in [1.54, 1.807) is 0 Å². The zero-order chi connectivity index (χ0) is 27.7. The summed E-state index contributed by atoms with van der Waals surface area (Å²) in [6.45, 7) is 6.07. The molecular formula is C29H46N2O7.